The average Bonchev–Trinajstić information content (AvgIpc) is 3.05. The fraction of sp³-hybridized carbons (Fsp3) is 0.360. The number of nitrogens with zero attached hydrogens (tertiary/aromatic N) is 1. The summed E-state index contributed by atoms with van der Waals surface area (Å²) in [5.74, 6) is 0.637. The van der Waals surface area contributed by atoms with Crippen LogP contribution in [0, 0.1) is 0 Å². The number of ether oxygens (including phenoxy) is 1. The first kappa shape index (κ1) is 22.4. The maximum absolute atomic E-state index is 13.5. The Hall–Kier alpha value is -2.83. The van der Waals surface area contributed by atoms with E-state index in [0.717, 1.165) is 30.7 Å². The van der Waals surface area contributed by atoms with Crippen LogP contribution in [0.25, 0.3) is 11.0 Å². The van der Waals surface area contributed by atoms with Gasteiger partial charge in [0.15, 0.2) is 5.43 Å². The summed E-state index contributed by atoms with van der Waals surface area (Å²) in [5.41, 5.74) is 1.39. The van der Waals surface area contributed by atoms with Gasteiger partial charge >= 0.3 is 0 Å². The summed E-state index contributed by atoms with van der Waals surface area (Å²) in [7, 11) is 4.16. The molecule has 0 aliphatic carbocycles. The van der Waals surface area contributed by atoms with Crippen molar-refractivity contribution >= 4 is 28.5 Å². The molecule has 7 heteroatoms. The molecule has 6 nitrogen and oxygen atoms in total. The molecule has 0 bridgehead atoms. The Balaban J connectivity index is 1.80. The average molecular weight is 456 g/mol. The van der Waals surface area contributed by atoms with Crippen molar-refractivity contribution in [1.29, 1.82) is 0 Å². The van der Waals surface area contributed by atoms with Crippen LogP contribution >= 0.6 is 11.6 Å². The molecule has 32 heavy (non-hydrogen) atoms. The predicted molar refractivity (Wildman–Crippen MR) is 125 cm³/mol. The summed E-state index contributed by atoms with van der Waals surface area (Å²) in [6.45, 7) is 4.14. The zero-order valence-electron chi connectivity index (χ0n) is 18.6. The van der Waals surface area contributed by atoms with E-state index >= 15 is 0 Å². The van der Waals surface area contributed by atoms with E-state index in [1.165, 1.54) is 4.90 Å². The summed E-state index contributed by atoms with van der Waals surface area (Å²) in [6.07, 6.45) is 1.74. The number of hydrogen-bond donors (Lipinski definition) is 1. The number of amides is 1. The second-order valence-corrected chi connectivity index (χ2v) is 8.88. The van der Waals surface area contributed by atoms with Crippen LogP contribution in [0.15, 0.2) is 51.7 Å². The monoisotopic (exact) mass is 455 g/mol. The summed E-state index contributed by atoms with van der Waals surface area (Å²) < 4.78 is 11.7. The second-order valence-electron chi connectivity index (χ2n) is 8.44. The SMILES string of the molecule is CCCOc1ccc([C@H]2c3c(oc4ccc(Cl)cc4c3=O)C(=O)N2CCC[NH+](C)C)cc1. The lowest BCUT2D eigenvalue weighted by Crippen LogP contribution is -3.05. The van der Waals surface area contributed by atoms with Gasteiger partial charge in [-0.05, 0) is 42.3 Å². The van der Waals surface area contributed by atoms with Crippen molar-refractivity contribution < 1.29 is 18.8 Å². The van der Waals surface area contributed by atoms with Crippen LogP contribution in [0.4, 0.5) is 0 Å². The van der Waals surface area contributed by atoms with Gasteiger partial charge in [0.2, 0.25) is 5.76 Å². The summed E-state index contributed by atoms with van der Waals surface area (Å²) in [4.78, 5) is 29.9. The molecule has 2 aromatic carbocycles. The topological polar surface area (TPSA) is 64.2 Å². The Bertz CT molecular complexity index is 1190. The first-order valence-electron chi connectivity index (χ1n) is 11.0. The molecule has 2 heterocycles. The maximum atomic E-state index is 13.5. The Morgan fingerprint density at radius 2 is 1.88 bits per heavy atom. The number of hydrogen-bond acceptors (Lipinski definition) is 4. The van der Waals surface area contributed by atoms with Gasteiger partial charge in [-0.15, -0.1) is 0 Å². The Morgan fingerprint density at radius 3 is 2.56 bits per heavy atom. The lowest BCUT2D eigenvalue weighted by Gasteiger charge is -2.25. The highest BCUT2D eigenvalue weighted by atomic mass is 35.5. The van der Waals surface area contributed by atoms with E-state index in [9.17, 15) is 9.59 Å². The van der Waals surface area contributed by atoms with E-state index in [4.69, 9.17) is 20.8 Å². The van der Waals surface area contributed by atoms with Gasteiger partial charge in [0.25, 0.3) is 5.91 Å². The maximum Gasteiger partial charge on any atom is 0.290 e. The van der Waals surface area contributed by atoms with E-state index in [-0.39, 0.29) is 17.1 Å². The molecule has 4 rings (SSSR count). The van der Waals surface area contributed by atoms with E-state index in [1.54, 1.807) is 23.1 Å². The van der Waals surface area contributed by atoms with Crippen molar-refractivity contribution in [1.82, 2.24) is 4.90 Å². The third-order valence-electron chi connectivity index (χ3n) is 5.67. The molecule has 1 atom stereocenters. The van der Waals surface area contributed by atoms with Gasteiger partial charge in [0.05, 0.1) is 44.2 Å². The first-order chi connectivity index (χ1) is 15.4. The number of benzene rings is 2. The van der Waals surface area contributed by atoms with Crippen LogP contribution in [-0.4, -0.2) is 44.6 Å². The van der Waals surface area contributed by atoms with Gasteiger partial charge in [-0.1, -0.05) is 30.7 Å². The van der Waals surface area contributed by atoms with Crippen molar-refractivity contribution in [2.45, 2.75) is 25.8 Å². The quantitative estimate of drug-likeness (QED) is 0.566. The fourth-order valence-electron chi connectivity index (χ4n) is 4.14. The number of halogens is 1. The number of nitrogens with one attached hydrogen (secondary N) is 1. The van der Waals surface area contributed by atoms with Crippen LogP contribution in [0.2, 0.25) is 5.02 Å². The Labute approximate surface area is 192 Å². The van der Waals surface area contributed by atoms with Crippen molar-refractivity contribution in [3.05, 3.63) is 74.6 Å². The zero-order valence-corrected chi connectivity index (χ0v) is 19.4. The molecule has 0 saturated heterocycles. The molecule has 0 saturated carbocycles. The van der Waals surface area contributed by atoms with Gasteiger partial charge < -0.3 is 19.0 Å². The molecular weight excluding hydrogens is 428 g/mol. The number of carbonyl (C=O) groups excluding carboxylic acids is 1. The van der Waals surface area contributed by atoms with Crippen molar-refractivity contribution in [2.24, 2.45) is 0 Å². The molecule has 1 amide bonds. The third-order valence-corrected chi connectivity index (χ3v) is 5.91. The second kappa shape index (κ2) is 9.35. The number of fused-ring (bicyclic) bond motifs is 2. The highest BCUT2D eigenvalue weighted by molar-refractivity contribution is 6.31. The lowest BCUT2D eigenvalue weighted by atomic mass is 9.98. The van der Waals surface area contributed by atoms with Crippen LogP contribution < -0.4 is 15.1 Å². The van der Waals surface area contributed by atoms with Gasteiger partial charge in [-0.25, -0.2) is 0 Å². The van der Waals surface area contributed by atoms with Crippen molar-refractivity contribution in [3.63, 3.8) is 0 Å². The summed E-state index contributed by atoms with van der Waals surface area (Å²) in [5, 5.41) is 0.838. The standard InChI is InChI=1S/C25H27ClN2O4/c1-4-14-31-18-9-6-16(7-10-18)22-21-23(29)19-15-17(26)8-11-20(19)32-24(21)25(30)28(22)13-5-12-27(2)3/h6-11,15,22H,4-5,12-14H2,1-3H3/p+1/t22-/m0/s1. The summed E-state index contributed by atoms with van der Waals surface area (Å²) in [6, 6.07) is 12.0. The molecule has 0 radical (unpaired) electrons. The largest absolute Gasteiger partial charge is 0.494 e. The molecule has 0 unspecified atom stereocenters. The highest BCUT2D eigenvalue weighted by Gasteiger charge is 2.42. The lowest BCUT2D eigenvalue weighted by molar-refractivity contribution is -0.858. The number of rotatable bonds is 8. The minimum atomic E-state index is -0.505. The Morgan fingerprint density at radius 1 is 1.12 bits per heavy atom. The van der Waals surface area contributed by atoms with E-state index in [1.807, 2.05) is 24.3 Å². The van der Waals surface area contributed by atoms with Gasteiger partial charge in [0, 0.05) is 18.0 Å². The van der Waals surface area contributed by atoms with Gasteiger partial charge in [0.1, 0.15) is 11.3 Å². The minimum Gasteiger partial charge on any atom is -0.494 e. The Kier molecular flexibility index (Phi) is 6.53. The number of carbonyl (C=O) groups is 1. The van der Waals surface area contributed by atoms with Crippen LogP contribution in [0.1, 0.15) is 47.5 Å². The molecule has 168 valence electrons. The van der Waals surface area contributed by atoms with E-state index in [0.29, 0.717) is 34.7 Å². The predicted octanol–water partition coefficient (Wildman–Crippen LogP) is 3.32. The smallest absolute Gasteiger partial charge is 0.290 e. The van der Waals surface area contributed by atoms with E-state index < -0.39 is 6.04 Å². The van der Waals surface area contributed by atoms with Crippen LogP contribution in [0.3, 0.4) is 0 Å². The molecule has 1 aliphatic rings. The molecule has 1 aliphatic heterocycles. The third kappa shape index (κ3) is 4.25. The molecule has 0 spiro atoms. The fourth-order valence-corrected chi connectivity index (χ4v) is 4.31. The molecule has 3 aromatic rings. The molecule has 0 fully saturated rings. The van der Waals surface area contributed by atoms with E-state index in [2.05, 4.69) is 21.0 Å². The highest BCUT2D eigenvalue weighted by Crippen LogP contribution is 2.38. The van der Waals surface area contributed by atoms with Crippen molar-refractivity contribution in [2.75, 3.05) is 33.8 Å². The van der Waals surface area contributed by atoms with Gasteiger partial charge in [-0.2, -0.15) is 0 Å². The van der Waals surface area contributed by atoms with Gasteiger partial charge in [-0.3, -0.25) is 9.59 Å². The van der Waals surface area contributed by atoms with Crippen LogP contribution in [0.5, 0.6) is 5.75 Å². The summed E-state index contributed by atoms with van der Waals surface area (Å²) >= 11 is 6.14. The minimum absolute atomic E-state index is 0.123. The van der Waals surface area contributed by atoms with Crippen LogP contribution in [-0.2, 0) is 0 Å². The van der Waals surface area contributed by atoms with Crippen molar-refractivity contribution in [3.8, 4) is 5.75 Å². The normalized spacial score (nSPS) is 15.6. The molecule has 1 N–H and O–H groups in total. The molecular formula is C25H28ClN2O4+. The zero-order chi connectivity index (χ0) is 22.8. The molecule has 1 aromatic heterocycles. The first-order valence-corrected chi connectivity index (χ1v) is 11.4. The number of quaternary nitrogens is 1.